The lowest BCUT2D eigenvalue weighted by atomic mass is 9.95. The van der Waals surface area contributed by atoms with Gasteiger partial charge < -0.3 is 9.84 Å². The molecular weight excluding hydrogens is 412 g/mol. The standard InChI is InChI=1S/C24H22N2O4S/c1-3-12-30-18-6-4-5-17(14-18)21(27)19-20(16-9-7-15(2)8-10-16)26(23(29)22(19)28)24-25-11-13-31-24/h4-11,13-14,20,27H,3,12H2,1-2H3/b21-19+. The van der Waals surface area contributed by atoms with Crippen LogP contribution < -0.4 is 9.64 Å². The Balaban J connectivity index is 1.86. The number of thiazole rings is 1. The van der Waals surface area contributed by atoms with Gasteiger partial charge in [-0.15, -0.1) is 11.3 Å². The molecule has 0 bridgehead atoms. The number of ketones is 1. The third-order valence-corrected chi connectivity index (χ3v) is 5.81. The molecule has 2 aromatic carbocycles. The summed E-state index contributed by atoms with van der Waals surface area (Å²) in [4.78, 5) is 31.7. The minimum atomic E-state index is -0.771. The van der Waals surface area contributed by atoms with Crippen molar-refractivity contribution in [1.29, 1.82) is 0 Å². The molecule has 4 rings (SSSR count). The van der Waals surface area contributed by atoms with Gasteiger partial charge in [-0.25, -0.2) is 4.98 Å². The van der Waals surface area contributed by atoms with Gasteiger partial charge in [-0.05, 0) is 31.0 Å². The molecule has 3 aromatic rings. The number of aliphatic hydroxyl groups excluding tert-OH is 1. The number of nitrogens with zero attached hydrogens (tertiary/aromatic N) is 2. The van der Waals surface area contributed by atoms with E-state index < -0.39 is 17.7 Å². The molecule has 0 spiro atoms. The number of amides is 1. The van der Waals surface area contributed by atoms with E-state index >= 15 is 0 Å². The van der Waals surface area contributed by atoms with Gasteiger partial charge in [-0.2, -0.15) is 0 Å². The van der Waals surface area contributed by atoms with Crippen LogP contribution in [0.4, 0.5) is 5.13 Å². The Morgan fingerprint density at radius 1 is 1.19 bits per heavy atom. The molecule has 0 radical (unpaired) electrons. The van der Waals surface area contributed by atoms with Crippen molar-refractivity contribution in [1.82, 2.24) is 4.98 Å². The van der Waals surface area contributed by atoms with Crippen LogP contribution >= 0.6 is 11.3 Å². The second kappa shape index (κ2) is 8.73. The first-order valence-electron chi connectivity index (χ1n) is 10.0. The monoisotopic (exact) mass is 434 g/mol. The fourth-order valence-corrected chi connectivity index (χ4v) is 4.20. The van der Waals surface area contributed by atoms with E-state index in [-0.39, 0.29) is 11.3 Å². The van der Waals surface area contributed by atoms with E-state index in [1.807, 2.05) is 38.1 Å². The smallest absolute Gasteiger partial charge is 0.301 e. The highest BCUT2D eigenvalue weighted by atomic mass is 32.1. The van der Waals surface area contributed by atoms with Gasteiger partial charge in [0.1, 0.15) is 11.5 Å². The Morgan fingerprint density at radius 3 is 2.65 bits per heavy atom. The summed E-state index contributed by atoms with van der Waals surface area (Å²) in [5.74, 6) is -1.09. The van der Waals surface area contributed by atoms with Gasteiger partial charge in [0.2, 0.25) is 0 Å². The third-order valence-electron chi connectivity index (χ3n) is 5.04. The summed E-state index contributed by atoms with van der Waals surface area (Å²) in [6.07, 6.45) is 2.43. The molecule has 158 valence electrons. The van der Waals surface area contributed by atoms with Crippen LogP contribution in [0.1, 0.15) is 36.1 Å². The van der Waals surface area contributed by atoms with E-state index in [1.165, 1.54) is 16.2 Å². The van der Waals surface area contributed by atoms with Gasteiger partial charge in [0.15, 0.2) is 5.13 Å². The van der Waals surface area contributed by atoms with E-state index in [4.69, 9.17) is 4.74 Å². The zero-order valence-corrected chi connectivity index (χ0v) is 18.1. The lowest BCUT2D eigenvalue weighted by Crippen LogP contribution is -2.29. The first-order chi connectivity index (χ1) is 15.0. The summed E-state index contributed by atoms with van der Waals surface area (Å²) in [5, 5.41) is 13.3. The van der Waals surface area contributed by atoms with Crippen LogP contribution in [-0.2, 0) is 9.59 Å². The maximum Gasteiger partial charge on any atom is 0.301 e. The molecule has 1 saturated heterocycles. The van der Waals surface area contributed by atoms with Gasteiger partial charge in [-0.1, -0.05) is 48.9 Å². The molecular formula is C24H22N2O4S. The molecule has 0 saturated carbocycles. The van der Waals surface area contributed by atoms with Gasteiger partial charge >= 0.3 is 5.91 Å². The predicted octanol–water partition coefficient (Wildman–Crippen LogP) is 4.87. The largest absolute Gasteiger partial charge is 0.507 e. The highest BCUT2D eigenvalue weighted by molar-refractivity contribution is 7.14. The molecule has 6 nitrogen and oxygen atoms in total. The number of rotatable bonds is 6. The van der Waals surface area contributed by atoms with Gasteiger partial charge in [0.05, 0.1) is 18.2 Å². The number of aliphatic hydroxyl groups is 1. The highest BCUT2D eigenvalue weighted by Crippen LogP contribution is 2.42. The summed E-state index contributed by atoms with van der Waals surface area (Å²) >= 11 is 1.27. The fourth-order valence-electron chi connectivity index (χ4n) is 3.54. The van der Waals surface area contributed by atoms with Crippen molar-refractivity contribution in [3.05, 3.63) is 82.4 Å². The summed E-state index contributed by atoms with van der Waals surface area (Å²) in [6, 6.07) is 13.7. The number of ether oxygens (including phenoxy) is 1. The first kappa shape index (κ1) is 20.8. The van der Waals surface area contributed by atoms with E-state index in [9.17, 15) is 14.7 Å². The number of aromatic nitrogens is 1. The van der Waals surface area contributed by atoms with Crippen LogP contribution in [-0.4, -0.2) is 28.4 Å². The number of anilines is 1. The van der Waals surface area contributed by atoms with Crippen LogP contribution in [0, 0.1) is 6.92 Å². The topological polar surface area (TPSA) is 79.7 Å². The SMILES string of the molecule is CCCOc1cccc(/C(O)=C2\C(=O)C(=O)N(c3nccs3)C2c2ccc(C)cc2)c1. The molecule has 1 aromatic heterocycles. The Kier molecular flexibility index (Phi) is 5.86. The quantitative estimate of drug-likeness (QED) is 0.340. The molecule has 1 aliphatic rings. The average Bonchev–Trinajstić information content (AvgIpc) is 3.39. The molecule has 31 heavy (non-hydrogen) atoms. The number of hydrogen-bond donors (Lipinski definition) is 1. The van der Waals surface area contributed by atoms with Crippen LogP contribution in [0.2, 0.25) is 0 Å². The molecule has 1 unspecified atom stereocenters. The first-order valence-corrected chi connectivity index (χ1v) is 10.9. The molecule has 0 aliphatic carbocycles. The van der Waals surface area contributed by atoms with Crippen LogP contribution in [0.5, 0.6) is 5.75 Å². The van der Waals surface area contributed by atoms with Crippen molar-refractivity contribution < 1.29 is 19.4 Å². The predicted molar refractivity (Wildman–Crippen MR) is 120 cm³/mol. The Morgan fingerprint density at radius 2 is 1.97 bits per heavy atom. The molecule has 1 fully saturated rings. The molecule has 1 N–H and O–H groups in total. The van der Waals surface area contributed by atoms with Crippen molar-refractivity contribution >= 4 is 33.9 Å². The minimum absolute atomic E-state index is 0.0386. The molecule has 1 aliphatic heterocycles. The second-order valence-corrected chi connectivity index (χ2v) is 8.14. The fraction of sp³-hybridized carbons (Fsp3) is 0.208. The number of aryl methyl sites for hydroxylation is 1. The van der Waals surface area contributed by atoms with Gasteiger partial charge in [0.25, 0.3) is 5.78 Å². The lowest BCUT2D eigenvalue weighted by molar-refractivity contribution is -0.132. The minimum Gasteiger partial charge on any atom is -0.507 e. The van der Waals surface area contributed by atoms with Crippen molar-refractivity contribution in [2.24, 2.45) is 0 Å². The Hall–Kier alpha value is -3.45. The number of hydrogen-bond acceptors (Lipinski definition) is 6. The number of carbonyl (C=O) groups excluding carboxylic acids is 2. The lowest BCUT2D eigenvalue weighted by Gasteiger charge is -2.23. The summed E-state index contributed by atoms with van der Waals surface area (Å²) in [5.41, 5.74) is 2.23. The van der Waals surface area contributed by atoms with Crippen molar-refractivity contribution in [3.8, 4) is 5.75 Å². The van der Waals surface area contributed by atoms with Crippen molar-refractivity contribution in [2.75, 3.05) is 11.5 Å². The van der Waals surface area contributed by atoms with Gasteiger partial charge in [-0.3, -0.25) is 14.5 Å². The molecule has 1 atom stereocenters. The Bertz CT molecular complexity index is 1140. The zero-order valence-electron chi connectivity index (χ0n) is 17.2. The average molecular weight is 435 g/mol. The third kappa shape index (κ3) is 3.96. The number of carbonyl (C=O) groups is 2. The van der Waals surface area contributed by atoms with Crippen LogP contribution in [0.15, 0.2) is 65.7 Å². The summed E-state index contributed by atoms with van der Waals surface area (Å²) < 4.78 is 5.66. The highest BCUT2D eigenvalue weighted by Gasteiger charge is 2.47. The van der Waals surface area contributed by atoms with Gasteiger partial charge in [0, 0.05) is 17.1 Å². The van der Waals surface area contributed by atoms with E-state index in [1.54, 1.807) is 35.8 Å². The van der Waals surface area contributed by atoms with Crippen LogP contribution in [0.3, 0.4) is 0 Å². The Labute approximate surface area is 184 Å². The second-order valence-electron chi connectivity index (χ2n) is 7.27. The number of benzene rings is 2. The van der Waals surface area contributed by atoms with E-state index in [0.717, 1.165) is 17.5 Å². The van der Waals surface area contributed by atoms with Crippen molar-refractivity contribution in [2.45, 2.75) is 26.3 Å². The molecule has 1 amide bonds. The maximum absolute atomic E-state index is 13.1. The van der Waals surface area contributed by atoms with Crippen molar-refractivity contribution in [3.63, 3.8) is 0 Å². The molecule has 7 heteroatoms. The zero-order chi connectivity index (χ0) is 22.0. The number of Topliss-reactive ketones (excluding diaryl/α,β-unsaturated/α-hetero) is 1. The normalized spacial score (nSPS) is 17.9. The van der Waals surface area contributed by atoms with Crippen LogP contribution in [0.25, 0.3) is 5.76 Å². The van der Waals surface area contributed by atoms with E-state index in [0.29, 0.717) is 23.1 Å². The maximum atomic E-state index is 13.1. The molecule has 2 heterocycles. The van der Waals surface area contributed by atoms with E-state index in [2.05, 4.69) is 4.98 Å². The summed E-state index contributed by atoms with van der Waals surface area (Å²) in [7, 11) is 0. The summed E-state index contributed by atoms with van der Waals surface area (Å²) in [6.45, 7) is 4.51.